The Morgan fingerprint density at radius 3 is 2.60 bits per heavy atom. The highest BCUT2D eigenvalue weighted by Gasteiger charge is 2.50. The van der Waals surface area contributed by atoms with Gasteiger partial charge in [-0.2, -0.15) is 9.97 Å². The van der Waals surface area contributed by atoms with Gasteiger partial charge in [0.05, 0.1) is 5.41 Å². The SMILES string of the molecule is Nc1n[nH]c(-c2nc(C3(c4ccccc4)CC3)no2)n1. The van der Waals surface area contributed by atoms with Crippen molar-refractivity contribution in [2.24, 2.45) is 0 Å². The Hall–Kier alpha value is -2.70. The number of hydrogen-bond acceptors (Lipinski definition) is 6. The molecule has 0 amide bonds. The molecule has 7 nitrogen and oxygen atoms in total. The van der Waals surface area contributed by atoms with Crippen LogP contribution in [0.4, 0.5) is 5.95 Å². The molecule has 7 heteroatoms. The standard InChI is InChI=1S/C13H12N6O/c14-12-15-9(17-18-12)10-16-11(19-20-10)13(6-7-13)8-4-2-1-3-5-8/h1-5H,6-7H2,(H3,14,15,17,18). The van der Waals surface area contributed by atoms with E-state index < -0.39 is 0 Å². The number of H-pyrrole nitrogens is 1. The van der Waals surface area contributed by atoms with Crippen LogP contribution in [0.2, 0.25) is 0 Å². The monoisotopic (exact) mass is 268 g/mol. The molecule has 0 spiro atoms. The van der Waals surface area contributed by atoms with Gasteiger partial charge in [-0.3, -0.25) is 5.10 Å². The first kappa shape index (κ1) is 11.2. The largest absolute Gasteiger partial charge is 0.366 e. The summed E-state index contributed by atoms with van der Waals surface area (Å²) in [6.45, 7) is 0. The van der Waals surface area contributed by atoms with E-state index in [9.17, 15) is 0 Å². The minimum Gasteiger partial charge on any atom is -0.366 e. The molecule has 2 heterocycles. The van der Waals surface area contributed by atoms with E-state index in [0.29, 0.717) is 17.5 Å². The molecule has 0 unspecified atom stereocenters. The summed E-state index contributed by atoms with van der Waals surface area (Å²) in [6, 6.07) is 10.2. The van der Waals surface area contributed by atoms with Gasteiger partial charge in [0.1, 0.15) is 0 Å². The van der Waals surface area contributed by atoms with E-state index in [2.05, 4.69) is 37.5 Å². The van der Waals surface area contributed by atoms with E-state index >= 15 is 0 Å². The van der Waals surface area contributed by atoms with Gasteiger partial charge >= 0.3 is 0 Å². The number of anilines is 1. The molecule has 1 saturated carbocycles. The Bertz CT molecular complexity index is 743. The summed E-state index contributed by atoms with van der Waals surface area (Å²) in [4.78, 5) is 8.42. The van der Waals surface area contributed by atoms with E-state index in [4.69, 9.17) is 10.3 Å². The molecule has 100 valence electrons. The lowest BCUT2D eigenvalue weighted by atomic mass is 9.95. The summed E-state index contributed by atoms with van der Waals surface area (Å²) in [5.41, 5.74) is 6.56. The zero-order valence-corrected chi connectivity index (χ0v) is 10.6. The average molecular weight is 268 g/mol. The third kappa shape index (κ3) is 1.59. The van der Waals surface area contributed by atoms with Crippen molar-refractivity contribution in [1.29, 1.82) is 0 Å². The second-order valence-electron chi connectivity index (χ2n) is 4.91. The van der Waals surface area contributed by atoms with E-state index in [-0.39, 0.29) is 11.4 Å². The molecule has 0 saturated heterocycles. The lowest BCUT2D eigenvalue weighted by Gasteiger charge is -2.09. The van der Waals surface area contributed by atoms with Crippen molar-refractivity contribution in [2.45, 2.75) is 18.3 Å². The first-order chi connectivity index (χ1) is 9.78. The summed E-state index contributed by atoms with van der Waals surface area (Å²) >= 11 is 0. The number of nitrogens with two attached hydrogens (primary N) is 1. The van der Waals surface area contributed by atoms with Gasteiger partial charge in [0.15, 0.2) is 5.82 Å². The lowest BCUT2D eigenvalue weighted by Crippen LogP contribution is -2.10. The topological polar surface area (TPSA) is 107 Å². The summed E-state index contributed by atoms with van der Waals surface area (Å²) < 4.78 is 5.26. The summed E-state index contributed by atoms with van der Waals surface area (Å²) in [6.07, 6.45) is 2.04. The third-order valence-electron chi connectivity index (χ3n) is 3.64. The van der Waals surface area contributed by atoms with E-state index in [0.717, 1.165) is 12.8 Å². The fraction of sp³-hybridized carbons (Fsp3) is 0.231. The molecule has 0 radical (unpaired) electrons. The van der Waals surface area contributed by atoms with Gasteiger partial charge in [-0.05, 0) is 18.4 Å². The maximum atomic E-state index is 5.47. The van der Waals surface area contributed by atoms with Crippen LogP contribution in [0.5, 0.6) is 0 Å². The molecule has 0 atom stereocenters. The van der Waals surface area contributed by atoms with Crippen LogP contribution in [0, 0.1) is 0 Å². The summed E-state index contributed by atoms with van der Waals surface area (Å²) in [7, 11) is 0. The Kier molecular flexibility index (Phi) is 2.17. The molecule has 3 N–H and O–H groups in total. The van der Waals surface area contributed by atoms with E-state index in [1.807, 2.05) is 18.2 Å². The normalized spacial score (nSPS) is 16.2. The molecule has 1 aromatic carbocycles. The molecule has 3 aromatic rings. The Labute approximate surface area is 114 Å². The Morgan fingerprint density at radius 2 is 1.95 bits per heavy atom. The van der Waals surface area contributed by atoms with Crippen LogP contribution in [0.15, 0.2) is 34.9 Å². The van der Waals surface area contributed by atoms with Gasteiger partial charge in [-0.1, -0.05) is 35.5 Å². The van der Waals surface area contributed by atoms with Crippen molar-refractivity contribution in [3.05, 3.63) is 41.7 Å². The van der Waals surface area contributed by atoms with E-state index in [1.54, 1.807) is 0 Å². The van der Waals surface area contributed by atoms with Crippen LogP contribution in [-0.2, 0) is 5.41 Å². The van der Waals surface area contributed by atoms with E-state index in [1.165, 1.54) is 5.56 Å². The third-order valence-corrected chi connectivity index (χ3v) is 3.64. The minimum absolute atomic E-state index is 0.116. The highest BCUT2D eigenvalue weighted by atomic mass is 16.5. The van der Waals surface area contributed by atoms with Gasteiger partial charge in [0, 0.05) is 0 Å². The van der Waals surface area contributed by atoms with Crippen molar-refractivity contribution < 1.29 is 4.52 Å². The van der Waals surface area contributed by atoms with Crippen LogP contribution in [0.1, 0.15) is 24.2 Å². The number of nitrogens with zero attached hydrogens (tertiary/aromatic N) is 4. The first-order valence-electron chi connectivity index (χ1n) is 6.36. The highest BCUT2D eigenvalue weighted by molar-refractivity contribution is 5.45. The first-order valence-corrected chi connectivity index (χ1v) is 6.36. The minimum atomic E-state index is -0.116. The highest BCUT2D eigenvalue weighted by Crippen LogP contribution is 2.52. The number of nitrogens with one attached hydrogen (secondary N) is 1. The Balaban J connectivity index is 1.72. The number of benzene rings is 1. The van der Waals surface area contributed by atoms with Gasteiger partial charge < -0.3 is 10.3 Å². The number of nitrogen functional groups attached to an aromatic ring is 1. The number of rotatable bonds is 3. The van der Waals surface area contributed by atoms with Crippen molar-refractivity contribution in [2.75, 3.05) is 5.73 Å². The quantitative estimate of drug-likeness (QED) is 0.745. The second kappa shape index (κ2) is 3.89. The molecule has 1 aliphatic rings. The second-order valence-corrected chi connectivity index (χ2v) is 4.91. The van der Waals surface area contributed by atoms with Crippen molar-refractivity contribution in [1.82, 2.24) is 25.3 Å². The van der Waals surface area contributed by atoms with Crippen LogP contribution in [-0.4, -0.2) is 25.3 Å². The number of hydrogen-bond donors (Lipinski definition) is 2. The van der Waals surface area contributed by atoms with Crippen LogP contribution in [0.25, 0.3) is 11.7 Å². The molecular weight excluding hydrogens is 256 g/mol. The molecule has 2 aromatic heterocycles. The predicted octanol–water partition coefficient (Wildman–Crippen LogP) is 1.52. The van der Waals surface area contributed by atoms with Crippen LogP contribution >= 0.6 is 0 Å². The fourth-order valence-corrected chi connectivity index (χ4v) is 2.41. The van der Waals surface area contributed by atoms with Gasteiger partial charge in [-0.15, -0.1) is 5.10 Å². The molecule has 4 rings (SSSR count). The zero-order chi connectivity index (χ0) is 13.6. The number of aromatic nitrogens is 5. The zero-order valence-electron chi connectivity index (χ0n) is 10.6. The van der Waals surface area contributed by atoms with Crippen LogP contribution in [0.3, 0.4) is 0 Å². The fourth-order valence-electron chi connectivity index (χ4n) is 2.41. The predicted molar refractivity (Wildman–Crippen MR) is 70.5 cm³/mol. The van der Waals surface area contributed by atoms with Crippen LogP contribution < -0.4 is 5.73 Å². The maximum absolute atomic E-state index is 5.47. The average Bonchev–Trinajstić information content (AvgIpc) is 2.93. The smallest absolute Gasteiger partial charge is 0.295 e. The molecule has 1 aliphatic carbocycles. The maximum Gasteiger partial charge on any atom is 0.295 e. The van der Waals surface area contributed by atoms with Crippen molar-refractivity contribution >= 4 is 5.95 Å². The van der Waals surface area contributed by atoms with Gasteiger partial charge in [-0.25, -0.2) is 0 Å². The van der Waals surface area contributed by atoms with Gasteiger partial charge in [0.25, 0.3) is 5.89 Å². The molecular formula is C13H12N6O. The molecule has 0 aliphatic heterocycles. The summed E-state index contributed by atoms with van der Waals surface area (Å²) in [5.74, 6) is 1.55. The van der Waals surface area contributed by atoms with Crippen molar-refractivity contribution in [3.8, 4) is 11.7 Å². The molecule has 0 bridgehead atoms. The lowest BCUT2D eigenvalue weighted by molar-refractivity contribution is 0.415. The van der Waals surface area contributed by atoms with Gasteiger partial charge in [0.2, 0.25) is 11.8 Å². The molecule has 20 heavy (non-hydrogen) atoms. The Morgan fingerprint density at radius 1 is 1.15 bits per heavy atom. The number of aromatic amines is 1. The molecule has 1 fully saturated rings. The van der Waals surface area contributed by atoms with Crippen molar-refractivity contribution in [3.63, 3.8) is 0 Å². The summed E-state index contributed by atoms with van der Waals surface area (Å²) in [5, 5.41) is 10.5.